The third-order valence-electron chi connectivity index (χ3n) is 5.59. The fraction of sp³-hybridized carbons (Fsp3) is 0.182. The predicted molar refractivity (Wildman–Crippen MR) is 110 cm³/mol. The van der Waals surface area contributed by atoms with Crippen LogP contribution < -0.4 is 22.1 Å². The Morgan fingerprint density at radius 2 is 1.20 bits per heavy atom. The number of aromatic hydroxyl groups is 2. The Balaban J connectivity index is 1.85. The van der Waals surface area contributed by atoms with Crippen molar-refractivity contribution in [1.29, 1.82) is 0 Å². The topological polar surface area (TPSA) is 125 Å². The van der Waals surface area contributed by atoms with Gasteiger partial charge < -0.3 is 19.0 Å². The van der Waals surface area contributed by atoms with Gasteiger partial charge in [-0.15, -0.1) is 0 Å². The van der Waals surface area contributed by atoms with E-state index >= 15 is 0 Å². The molecule has 2 aromatic carbocycles. The molecule has 1 fully saturated rings. The lowest BCUT2D eigenvalue weighted by Gasteiger charge is -2.23. The predicted octanol–water partition coefficient (Wildman–Crippen LogP) is 2.17. The molecule has 4 N–H and O–H groups in total. The summed E-state index contributed by atoms with van der Waals surface area (Å²) in [7, 11) is 0. The number of rotatable bonds is 3. The molecule has 8 nitrogen and oxygen atoms in total. The first-order valence-corrected chi connectivity index (χ1v) is 9.51. The Labute approximate surface area is 169 Å². The van der Waals surface area contributed by atoms with E-state index in [0.717, 1.165) is 0 Å². The minimum Gasteiger partial charge on any atom is -0.507 e. The van der Waals surface area contributed by atoms with Crippen LogP contribution >= 0.6 is 0 Å². The summed E-state index contributed by atoms with van der Waals surface area (Å²) in [6.07, 6.45) is 0. The average Bonchev–Trinajstić information content (AvgIpc) is 3.27. The second-order valence-electron chi connectivity index (χ2n) is 7.30. The smallest absolute Gasteiger partial charge is 0.343 e. The molecular weight excluding hydrogens is 388 g/mol. The van der Waals surface area contributed by atoms with Gasteiger partial charge in [0.1, 0.15) is 22.7 Å². The molecule has 0 bridgehead atoms. The molecule has 4 aromatic rings. The summed E-state index contributed by atoms with van der Waals surface area (Å²) in [4.78, 5) is 25.9. The number of fused-ring (bicyclic) bond motifs is 2. The van der Waals surface area contributed by atoms with Gasteiger partial charge >= 0.3 is 11.3 Å². The highest BCUT2D eigenvalue weighted by atomic mass is 16.4. The summed E-state index contributed by atoms with van der Waals surface area (Å²) in [6, 6.07) is 13.2. The monoisotopic (exact) mass is 406 g/mol. The van der Waals surface area contributed by atoms with E-state index in [0.29, 0.717) is 23.9 Å². The average molecular weight is 406 g/mol. The Kier molecular flexibility index (Phi) is 4.30. The molecule has 1 aliphatic rings. The van der Waals surface area contributed by atoms with E-state index in [1.165, 1.54) is 0 Å². The van der Waals surface area contributed by atoms with Gasteiger partial charge in [-0.25, -0.2) is 9.59 Å². The van der Waals surface area contributed by atoms with Crippen molar-refractivity contribution >= 4 is 21.9 Å². The normalized spacial score (nSPS) is 14.8. The molecule has 0 unspecified atom stereocenters. The molecule has 1 aliphatic heterocycles. The SMILES string of the molecule is O=c1oc2ccccc2c(O)c1C(c1c(O)c2ccccc2oc1=O)C1CNNC1. The summed E-state index contributed by atoms with van der Waals surface area (Å²) < 4.78 is 10.9. The third kappa shape index (κ3) is 2.77. The van der Waals surface area contributed by atoms with Crippen molar-refractivity contribution in [2.45, 2.75) is 5.92 Å². The van der Waals surface area contributed by atoms with Crippen LogP contribution in [0.1, 0.15) is 17.0 Å². The van der Waals surface area contributed by atoms with Crippen molar-refractivity contribution in [2.75, 3.05) is 13.1 Å². The van der Waals surface area contributed by atoms with Gasteiger partial charge in [0.05, 0.1) is 21.9 Å². The maximum absolute atomic E-state index is 12.9. The van der Waals surface area contributed by atoms with Crippen LogP contribution in [0.3, 0.4) is 0 Å². The first-order valence-electron chi connectivity index (χ1n) is 9.51. The second-order valence-corrected chi connectivity index (χ2v) is 7.30. The van der Waals surface area contributed by atoms with E-state index < -0.39 is 17.2 Å². The first kappa shape index (κ1) is 18.4. The van der Waals surface area contributed by atoms with Crippen LogP contribution in [-0.2, 0) is 0 Å². The minimum atomic E-state index is -0.950. The van der Waals surface area contributed by atoms with E-state index in [1.54, 1.807) is 48.5 Å². The quantitative estimate of drug-likeness (QED) is 0.382. The molecule has 0 aliphatic carbocycles. The number of benzene rings is 2. The number of hydrogen-bond acceptors (Lipinski definition) is 8. The van der Waals surface area contributed by atoms with Crippen molar-refractivity contribution in [3.8, 4) is 11.5 Å². The van der Waals surface area contributed by atoms with Gasteiger partial charge in [-0.3, -0.25) is 10.9 Å². The van der Waals surface area contributed by atoms with Gasteiger partial charge in [-0.2, -0.15) is 0 Å². The van der Waals surface area contributed by atoms with Crippen LogP contribution in [-0.4, -0.2) is 23.3 Å². The first-order chi connectivity index (χ1) is 14.6. The molecular formula is C22H18N2O6. The summed E-state index contributed by atoms with van der Waals surface area (Å²) in [5.41, 5.74) is 4.70. The maximum Gasteiger partial charge on any atom is 0.343 e. The second kappa shape index (κ2) is 7.01. The Hall–Kier alpha value is -3.62. The van der Waals surface area contributed by atoms with Crippen molar-refractivity contribution in [3.63, 3.8) is 0 Å². The summed E-state index contributed by atoms with van der Waals surface area (Å²) >= 11 is 0. The minimum absolute atomic E-state index is 0.0814. The van der Waals surface area contributed by atoms with Gasteiger partial charge in [0.15, 0.2) is 0 Å². The molecule has 1 saturated heterocycles. The van der Waals surface area contributed by atoms with Crippen molar-refractivity contribution < 1.29 is 19.0 Å². The van der Waals surface area contributed by atoms with Crippen LogP contribution in [0.5, 0.6) is 11.5 Å². The van der Waals surface area contributed by atoms with Crippen LogP contribution in [0.2, 0.25) is 0 Å². The number of hydrogen-bond donors (Lipinski definition) is 4. The van der Waals surface area contributed by atoms with Gasteiger partial charge in [-0.05, 0) is 30.2 Å². The van der Waals surface area contributed by atoms with Crippen molar-refractivity contribution in [1.82, 2.24) is 10.9 Å². The Morgan fingerprint density at radius 1 is 0.767 bits per heavy atom. The lowest BCUT2D eigenvalue weighted by Crippen LogP contribution is -2.28. The lowest BCUT2D eigenvalue weighted by molar-refractivity contribution is 0.406. The Bertz CT molecular complexity index is 1290. The molecule has 8 heteroatoms. The maximum atomic E-state index is 12.9. The van der Waals surface area contributed by atoms with Crippen molar-refractivity contribution in [3.05, 3.63) is 80.5 Å². The van der Waals surface area contributed by atoms with E-state index in [4.69, 9.17) is 8.83 Å². The molecule has 30 heavy (non-hydrogen) atoms. The number of nitrogens with one attached hydrogen (secondary N) is 2. The molecule has 0 radical (unpaired) electrons. The largest absolute Gasteiger partial charge is 0.507 e. The van der Waals surface area contributed by atoms with Crippen LogP contribution in [0.15, 0.2) is 67.0 Å². The highest BCUT2D eigenvalue weighted by Gasteiger charge is 2.37. The molecule has 5 rings (SSSR count). The zero-order valence-electron chi connectivity index (χ0n) is 15.7. The van der Waals surface area contributed by atoms with Crippen LogP contribution in [0, 0.1) is 5.92 Å². The highest BCUT2D eigenvalue weighted by molar-refractivity contribution is 5.86. The van der Waals surface area contributed by atoms with E-state index in [1.807, 2.05) is 0 Å². The van der Waals surface area contributed by atoms with E-state index in [9.17, 15) is 19.8 Å². The summed E-state index contributed by atoms with van der Waals surface area (Å²) in [5.74, 6) is -1.82. The molecule has 2 aromatic heterocycles. The van der Waals surface area contributed by atoms with E-state index in [2.05, 4.69) is 10.9 Å². The van der Waals surface area contributed by atoms with Gasteiger partial charge in [-0.1, -0.05) is 24.3 Å². The molecule has 0 atom stereocenters. The molecule has 0 spiro atoms. The van der Waals surface area contributed by atoms with Crippen molar-refractivity contribution in [2.24, 2.45) is 5.92 Å². The number of para-hydroxylation sites is 2. The fourth-order valence-electron chi connectivity index (χ4n) is 4.17. The zero-order chi connectivity index (χ0) is 20.8. The fourth-order valence-corrected chi connectivity index (χ4v) is 4.17. The van der Waals surface area contributed by atoms with Crippen LogP contribution in [0.25, 0.3) is 21.9 Å². The zero-order valence-corrected chi connectivity index (χ0v) is 15.7. The van der Waals surface area contributed by atoms with Crippen LogP contribution in [0.4, 0.5) is 0 Å². The standard InChI is InChI=1S/C22H18N2O6/c25-19-12-5-1-3-7-14(12)29-21(27)17(19)16(11-9-23-24-10-11)18-20(26)13-6-2-4-8-15(13)30-22(18)28/h1-8,11,16,23-26H,9-10H2. The highest BCUT2D eigenvalue weighted by Crippen LogP contribution is 2.42. The molecule has 0 amide bonds. The summed E-state index contributed by atoms with van der Waals surface area (Å²) in [5, 5.41) is 22.7. The number of hydrazine groups is 1. The summed E-state index contributed by atoms with van der Waals surface area (Å²) in [6.45, 7) is 0.810. The third-order valence-corrected chi connectivity index (χ3v) is 5.59. The van der Waals surface area contributed by atoms with Gasteiger partial charge in [0.25, 0.3) is 0 Å². The van der Waals surface area contributed by atoms with Gasteiger partial charge in [0.2, 0.25) is 0 Å². The van der Waals surface area contributed by atoms with E-state index in [-0.39, 0.29) is 39.7 Å². The van der Waals surface area contributed by atoms with Gasteiger partial charge in [0, 0.05) is 19.0 Å². The molecule has 0 saturated carbocycles. The Morgan fingerprint density at radius 3 is 1.67 bits per heavy atom. The molecule has 152 valence electrons. The lowest BCUT2D eigenvalue weighted by atomic mass is 9.80. The molecule has 3 heterocycles.